The molecule has 2 N–H and O–H groups in total. The molecule has 0 radical (unpaired) electrons. The Morgan fingerprint density at radius 2 is 2.08 bits per heavy atom. The molecule has 2 heterocycles. The first-order chi connectivity index (χ1) is 12.0. The maximum Gasteiger partial charge on any atom is 0.234 e. The molecule has 0 saturated heterocycles. The number of carbonyl (C=O) groups is 2. The van der Waals surface area contributed by atoms with Crippen molar-refractivity contribution in [1.29, 1.82) is 0 Å². The van der Waals surface area contributed by atoms with Crippen LogP contribution in [0.25, 0.3) is 0 Å². The Morgan fingerprint density at radius 1 is 1.24 bits per heavy atom. The summed E-state index contributed by atoms with van der Waals surface area (Å²) in [7, 11) is 0. The van der Waals surface area contributed by atoms with E-state index >= 15 is 0 Å². The minimum atomic E-state index is -0.0837. The highest BCUT2D eigenvalue weighted by atomic mass is 32.2. The lowest BCUT2D eigenvalue weighted by Gasteiger charge is -2.17. The molecule has 2 aliphatic rings. The molecule has 2 amide bonds. The zero-order valence-electron chi connectivity index (χ0n) is 14.3. The molecular weight excluding hydrogens is 332 g/mol. The fourth-order valence-electron chi connectivity index (χ4n) is 3.43. The number of hydrogen-bond acceptors (Lipinski definition) is 3. The monoisotopic (exact) mass is 352 g/mol. The minimum absolute atomic E-state index is 0.0271. The van der Waals surface area contributed by atoms with Gasteiger partial charge in [-0.05, 0) is 49.1 Å². The van der Waals surface area contributed by atoms with Gasteiger partial charge >= 0.3 is 0 Å². The highest BCUT2D eigenvalue weighted by Crippen LogP contribution is 2.38. The minimum Gasteiger partial charge on any atom is -0.349 e. The summed E-state index contributed by atoms with van der Waals surface area (Å²) in [6.07, 6.45) is 1.19. The first-order valence-corrected chi connectivity index (χ1v) is 9.37. The van der Waals surface area contributed by atoms with Crippen molar-refractivity contribution in [3.8, 4) is 0 Å². The Bertz CT molecular complexity index is 878. The maximum atomic E-state index is 12.7. The van der Waals surface area contributed by atoms with Crippen LogP contribution in [0.1, 0.15) is 35.2 Å². The van der Waals surface area contributed by atoms with Crippen molar-refractivity contribution in [3.63, 3.8) is 0 Å². The van der Waals surface area contributed by atoms with E-state index in [1.165, 1.54) is 16.0 Å². The largest absolute Gasteiger partial charge is 0.349 e. The van der Waals surface area contributed by atoms with E-state index in [4.69, 9.17) is 0 Å². The van der Waals surface area contributed by atoms with Gasteiger partial charge in [0.1, 0.15) is 0 Å². The molecular formula is C20H20N2O2S. The number of aryl methyl sites for hydroxylation is 1. The standard InChI is InChI=1S/C20H20N2O2S/c1-11-3-6-17-15(7-11)9-18(25-17)20(24)21-12(2)13-4-5-16-14(8-13)10-19(23)22-16/h3-8,12,18H,9-10H2,1-2H3,(H,21,24)(H,22,23). The van der Waals surface area contributed by atoms with E-state index in [0.717, 1.165) is 23.2 Å². The number of rotatable bonds is 3. The predicted octanol–water partition coefficient (Wildman–Crippen LogP) is 3.38. The van der Waals surface area contributed by atoms with Crippen LogP contribution in [0, 0.1) is 6.92 Å². The average molecular weight is 352 g/mol. The molecule has 5 heteroatoms. The quantitative estimate of drug-likeness (QED) is 0.890. The topological polar surface area (TPSA) is 58.2 Å². The van der Waals surface area contributed by atoms with Crippen molar-refractivity contribution in [2.75, 3.05) is 5.32 Å². The van der Waals surface area contributed by atoms with E-state index in [2.05, 4.69) is 35.8 Å². The molecule has 2 aliphatic heterocycles. The smallest absolute Gasteiger partial charge is 0.234 e. The zero-order valence-corrected chi connectivity index (χ0v) is 15.1. The third-order valence-corrected chi connectivity index (χ3v) is 6.11. The fourth-order valence-corrected chi connectivity index (χ4v) is 4.62. The molecule has 2 unspecified atom stereocenters. The van der Waals surface area contributed by atoms with E-state index in [1.54, 1.807) is 11.8 Å². The van der Waals surface area contributed by atoms with Gasteiger partial charge in [-0.15, -0.1) is 11.8 Å². The third-order valence-electron chi connectivity index (χ3n) is 4.80. The molecule has 0 aliphatic carbocycles. The summed E-state index contributed by atoms with van der Waals surface area (Å²) in [6.45, 7) is 4.06. The lowest BCUT2D eigenvalue weighted by Crippen LogP contribution is -2.34. The highest BCUT2D eigenvalue weighted by Gasteiger charge is 2.29. The third kappa shape index (κ3) is 3.16. The molecule has 25 heavy (non-hydrogen) atoms. The average Bonchev–Trinajstić information content (AvgIpc) is 3.15. The second kappa shape index (κ2) is 6.23. The number of anilines is 1. The summed E-state index contributed by atoms with van der Waals surface area (Å²) in [6, 6.07) is 12.2. The van der Waals surface area contributed by atoms with Crippen LogP contribution in [0.2, 0.25) is 0 Å². The van der Waals surface area contributed by atoms with Gasteiger partial charge in [-0.1, -0.05) is 29.8 Å². The molecule has 0 saturated carbocycles. The Labute approximate surface area is 151 Å². The van der Waals surface area contributed by atoms with E-state index < -0.39 is 0 Å². The molecule has 0 aromatic heterocycles. The van der Waals surface area contributed by atoms with E-state index in [0.29, 0.717) is 6.42 Å². The molecule has 2 aromatic carbocycles. The normalized spacial score (nSPS) is 19.1. The summed E-state index contributed by atoms with van der Waals surface area (Å²) >= 11 is 1.64. The summed E-state index contributed by atoms with van der Waals surface area (Å²) in [5, 5.41) is 5.89. The molecule has 0 bridgehead atoms. The van der Waals surface area contributed by atoms with Crippen LogP contribution in [0.15, 0.2) is 41.3 Å². The van der Waals surface area contributed by atoms with Crippen LogP contribution in [-0.4, -0.2) is 17.1 Å². The number of nitrogens with one attached hydrogen (secondary N) is 2. The van der Waals surface area contributed by atoms with Crippen LogP contribution < -0.4 is 10.6 Å². The summed E-state index contributed by atoms with van der Waals surface area (Å²) < 4.78 is 0. The molecule has 0 spiro atoms. The number of benzene rings is 2. The highest BCUT2D eigenvalue weighted by molar-refractivity contribution is 8.01. The lowest BCUT2D eigenvalue weighted by molar-refractivity contribution is -0.121. The van der Waals surface area contributed by atoms with Gasteiger partial charge in [0.25, 0.3) is 0 Å². The predicted molar refractivity (Wildman–Crippen MR) is 99.9 cm³/mol. The second-order valence-corrected chi connectivity index (χ2v) is 8.04. The number of hydrogen-bond donors (Lipinski definition) is 2. The Balaban J connectivity index is 1.43. The Morgan fingerprint density at radius 3 is 2.92 bits per heavy atom. The van der Waals surface area contributed by atoms with Crippen molar-refractivity contribution in [1.82, 2.24) is 5.32 Å². The summed E-state index contributed by atoms with van der Waals surface area (Å²) in [5.74, 6) is 0.0975. The molecule has 2 aromatic rings. The van der Waals surface area contributed by atoms with Crippen LogP contribution in [-0.2, 0) is 22.4 Å². The second-order valence-electron chi connectivity index (χ2n) is 6.79. The van der Waals surface area contributed by atoms with Gasteiger partial charge < -0.3 is 10.6 Å². The van der Waals surface area contributed by atoms with Crippen LogP contribution in [0.5, 0.6) is 0 Å². The van der Waals surface area contributed by atoms with Crippen molar-refractivity contribution < 1.29 is 9.59 Å². The zero-order chi connectivity index (χ0) is 17.6. The van der Waals surface area contributed by atoms with Crippen LogP contribution in [0.3, 0.4) is 0 Å². The van der Waals surface area contributed by atoms with Gasteiger partial charge in [-0.3, -0.25) is 9.59 Å². The van der Waals surface area contributed by atoms with E-state index in [-0.39, 0.29) is 23.1 Å². The molecule has 4 nitrogen and oxygen atoms in total. The number of fused-ring (bicyclic) bond motifs is 2. The van der Waals surface area contributed by atoms with Gasteiger partial charge in [0.2, 0.25) is 11.8 Å². The number of carbonyl (C=O) groups excluding carboxylic acids is 2. The maximum absolute atomic E-state index is 12.7. The molecule has 0 fully saturated rings. The number of thioether (sulfide) groups is 1. The Hall–Kier alpha value is -2.27. The van der Waals surface area contributed by atoms with Crippen molar-refractivity contribution in [3.05, 3.63) is 58.7 Å². The van der Waals surface area contributed by atoms with Gasteiger partial charge in [0, 0.05) is 10.6 Å². The fraction of sp³-hybridized carbons (Fsp3) is 0.300. The van der Waals surface area contributed by atoms with Gasteiger partial charge in [-0.25, -0.2) is 0 Å². The Kier molecular flexibility index (Phi) is 4.04. The van der Waals surface area contributed by atoms with Gasteiger partial charge in [0.15, 0.2) is 0 Å². The SMILES string of the molecule is Cc1ccc2c(c1)CC(C(=O)NC(C)c1ccc3c(c1)CC(=O)N3)S2. The molecule has 4 rings (SSSR count). The van der Waals surface area contributed by atoms with Crippen molar-refractivity contribution in [2.24, 2.45) is 0 Å². The van der Waals surface area contributed by atoms with Crippen molar-refractivity contribution >= 4 is 29.3 Å². The van der Waals surface area contributed by atoms with E-state index in [9.17, 15) is 9.59 Å². The first-order valence-electron chi connectivity index (χ1n) is 8.49. The van der Waals surface area contributed by atoms with Crippen molar-refractivity contribution in [2.45, 2.75) is 42.9 Å². The molecule has 128 valence electrons. The summed E-state index contributed by atoms with van der Waals surface area (Å²) in [5.41, 5.74) is 5.40. The molecule has 2 atom stereocenters. The lowest BCUT2D eigenvalue weighted by atomic mass is 10.0. The van der Waals surface area contributed by atoms with Gasteiger partial charge in [-0.2, -0.15) is 0 Å². The van der Waals surface area contributed by atoms with Crippen LogP contribution in [0.4, 0.5) is 5.69 Å². The first kappa shape index (κ1) is 16.2. The van der Waals surface area contributed by atoms with Gasteiger partial charge in [0.05, 0.1) is 17.7 Å². The number of amides is 2. The van der Waals surface area contributed by atoms with E-state index in [1.807, 2.05) is 25.1 Å². The summed E-state index contributed by atoms with van der Waals surface area (Å²) in [4.78, 5) is 25.4. The van der Waals surface area contributed by atoms with Crippen LogP contribution >= 0.6 is 11.8 Å².